The lowest BCUT2D eigenvalue weighted by Crippen LogP contribution is -2.44. The van der Waals surface area contributed by atoms with Gasteiger partial charge in [0.05, 0.1) is 6.54 Å². The van der Waals surface area contributed by atoms with Gasteiger partial charge in [0.25, 0.3) is 0 Å². The third-order valence-corrected chi connectivity index (χ3v) is 3.68. The normalized spacial score (nSPS) is 15.7. The van der Waals surface area contributed by atoms with Crippen molar-refractivity contribution >= 4 is 6.03 Å². The summed E-state index contributed by atoms with van der Waals surface area (Å²) in [5.74, 6) is 0.877. The highest BCUT2D eigenvalue weighted by atomic mass is 16.5. The minimum absolute atomic E-state index is 0.0784. The Morgan fingerprint density at radius 2 is 2.00 bits per heavy atom. The lowest BCUT2D eigenvalue weighted by molar-refractivity contribution is 0.228. The summed E-state index contributed by atoms with van der Waals surface area (Å²) in [6.07, 6.45) is 5.95. The molecule has 0 atom stereocenters. The zero-order chi connectivity index (χ0) is 14.2. The number of rotatable bonds is 5. The fourth-order valence-corrected chi connectivity index (χ4v) is 2.53. The van der Waals surface area contributed by atoms with Crippen LogP contribution in [0.5, 0.6) is 5.75 Å². The van der Waals surface area contributed by atoms with Gasteiger partial charge in [-0.05, 0) is 31.4 Å². The van der Waals surface area contributed by atoms with Crippen molar-refractivity contribution in [2.24, 2.45) is 0 Å². The fraction of sp³-hybridized carbons (Fsp3) is 0.562. The van der Waals surface area contributed by atoms with E-state index in [2.05, 4.69) is 10.6 Å². The van der Waals surface area contributed by atoms with E-state index in [1.807, 2.05) is 31.2 Å². The van der Waals surface area contributed by atoms with Crippen molar-refractivity contribution in [1.29, 1.82) is 0 Å². The number of urea groups is 1. The maximum Gasteiger partial charge on any atom is 0.315 e. The third kappa shape index (κ3) is 4.76. The number of nitrogens with one attached hydrogen (secondary N) is 2. The molecule has 0 aliphatic heterocycles. The maximum absolute atomic E-state index is 11.7. The van der Waals surface area contributed by atoms with Crippen molar-refractivity contribution in [2.75, 3.05) is 13.2 Å². The Bertz CT molecular complexity index is 428. The fourth-order valence-electron chi connectivity index (χ4n) is 2.53. The second-order valence-electron chi connectivity index (χ2n) is 5.35. The summed E-state index contributed by atoms with van der Waals surface area (Å²) in [5.41, 5.74) is 1.11. The van der Waals surface area contributed by atoms with E-state index in [-0.39, 0.29) is 6.03 Å². The molecule has 1 saturated carbocycles. The lowest BCUT2D eigenvalue weighted by atomic mass is 9.96. The quantitative estimate of drug-likeness (QED) is 0.812. The second kappa shape index (κ2) is 7.78. The van der Waals surface area contributed by atoms with Crippen LogP contribution in [0.4, 0.5) is 4.79 Å². The molecule has 0 radical (unpaired) electrons. The lowest BCUT2D eigenvalue weighted by Gasteiger charge is -2.22. The molecule has 1 aromatic carbocycles. The largest absolute Gasteiger partial charge is 0.491 e. The number of amides is 2. The van der Waals surface area contributed by atoms with E-state index in [9.17, 15) is 4.79 Å². The summed E-state index contributed by atoms with van der Waals surface area (Å²) >= 11 is 0. The first kappa shape index (κ1) is 14.7. The number of hydrogen-bond donors (Lipinski definition) is 2. The van der Waals surface area contributed by atoms with Gasteiger partial charge in [0.2, 0.25) is 0 Å². The molecule has 110 valence electrons. The number of benzene rings is 1. The Morgan fingerprint density at radius 1 is 1.25 bits per heavy atom. The van der Waals surface area contributed by atoms with Crippen LogP contribution in [0.3, 0.4) is 0 Å². The van der Waals surface area contributed by atoms with E-state index in [0.29, 0.717) is 19.2 Å². The van der Waals surface area contributed by atoms with Gasteiger partial charge in [0.15, 0.2) is 0 Å². The molecule has 0 bridgehead atoms. The van der Waals surface area contributed by atoms with Crippen LogP contribution in [0.25, 0.3) is 0 Å². The monoisotopic (exact) mass is 276 g/mol. The van der Waals surface area contributed by atoms with E-state index < -0.39 is 0 Å². The van der Waals surface area contributed by atoms with Crippen molar-refractivity contribution in [3.05, 3.63) is 29.8 Å². The molecule has 1 aliphatic carbocycles. The molecular weight excluding hydrogens is 252 g/mol. The molecule has 1 aliphatic rings. The van der Waals surface area contributed by atoms with Crippen molar-refractivity contribution in [3.8, 4) is 5.75 Å². The number of aryl methyl sites for hydroxylation is 1. The van der Waals surface area contributed by atoms with Crippen LogP contribution >= 0.6 is 0 Å². The molecule has 0 aromatic heterocycles. The maximum atomic E-state index is 11.7. The standard InChI is InChI=1S/C16H24N2O2/c1-13-7-5-6-10-15(13)20-12-11-17-16(19)18-14-8-3-2-4-9-14/h5-7,10,14H,2-4,8-9,11-12H2,1H3,(H2,17,18,19). The molecule has 1 aromatic rings. The van der Waals surface area contributed by atoms with Gasteiger partial charge in [-0.3, -0.25) is 0 Å². The van der Waals surface area contributed by atoms with Crippen LogP contribution in [-0.2, 0) is 0 Å². The number of carbonyl (C=O) groups is 1. The van der Waals surface area contributed by atoms with E-state index >= 15 is 0 Å². The molecule has 4 heteroatoms. The molecule has 0 spiro atoms. The molecule has 0 heterocycles. The molecule has 2 N–H and O–H groups in total. The Labute approximate surface area is 120 Å². The van der Waals surface area contributed by atoms with E-state index in [1.165, 1.54) is 19.3 Å². The average Bonchev–Trinajstić information content (AvgIpc) is 2.46. The van der Waals surface area contributed by atoms with Gasteiger partial charge in [-0.15, -0.1) is 0 Å². The highest BCUT2D eigenvalue weighted by molar-refractivity contribution is 5.74. The topological polar surface area (TPSA) is 50.4 Å². The summed E-state index contributed by atoms with van der Waals surface area (Å²) in [6, 6.07) is 8.16. The number of hydrogen-bond acceptors (Lipinski definition) is 2. The van der Waals surface area contributed by atoms with Crippen molar-refractivity contribution in [2.45, 2.75) is 45.1 Å². The zero-order valence-electron chi connectivity index (χ0n) is 12.2. The molecule has 1 fully saturated rings. The summed E-state index contributed by atoms with van der Waals surface area (Å²) in [4.78, 5) is 11.7. The van der Waals surface area contributed by atoms with Gasteiger partial charge < -0.3 is 15.4 Å². The SMILES string of the molecule is Cc1ccccc1OCCNC(=O)NC1CCCCC1. The van der Waals surface area contributed by atoms with Crippen LogP contribution in [0.1, 0.15) is 37.7 Å². The number of carbonyl (C=O) groups excluding carboxylic acids is 1. The number of ether oxygens (including phenoxy) is 1. The predicted molar refractivity (Wildman–Crippen MR) is 80.1 cm³/mol. The minimum atomic E-state index is -0.0784. The van der Waals surface area contributed by atoms with Gasteiger partial charge in [0.1, 0.15) is 12.4 Å². The zero-order valence-corrected chi connectivity index (χ0v) is 12.2. The summed E-state index contributed by atoms with van der Waals surface area (Å²) in [6.45, 7) is 3.02. The van der Waals surface area contributed by atoms with Crippen LogP contribution in [-0.4, -0.2) is 25.2 Å². The number of para-hydroxylation sites is 1. The highest BCUT2D eigenvalue weighted by Gasteiger charge is 2.14. The van der Waals surface area contributed by atoms with Crippen LogP contribution in [0, 0.1) is 6.92 Å². The molecular formula is C16H24N2O2. The predicted octanol–water partition coefficient (Wildman–Crippen LogP) is 3.01. The van der Waals surface area contributed by atoms with Crippen LogP contribution in [0.15, 0.2) is 24.3 Å². The Hall–Kier alpha value is -1.71. The van der Waals surface area contributed by atoms with E-state index in [1.54, 1.807) is 0 Å². The van der Waals surface area contributed by atoms with Gasteiger partial charge in [-0.2, -0.15) is 0 Å². The summed E-state index contributed by atoms with van der Waals surface area (Å²) < 4.78 is 5.63. The smallest absolute Gasteiger partial charge is 0.315 e. The Balaban J connectivity index is 1.60. The Morgan fingerprint density at radius 3 is 2.75 bits per heavy atom. The van der Waals surface area contributed by atoms with Gasteiger partial charge in [-0.25, -0.2) is 4.79 Å². The highest BCUT2D eigenvalue weighted by Crippen LogP contribution is 2.17. The summed E-state index contributed by atoms with van der Waals surface area (Å²) in [7, 11) is 0. The first-order chi connectivity index (χ1) is 9.75. The van der Waals surface area contributed by atoms with Crippen LogP contribution < -0.4 is 15.4 Å². The summed E-state index contributed by atoms with van der Waals surface area (Å²) in [5, 5.41) is 5.87. The molecule has 0 saturated heterocycles. The van der Waals surface area contributed by atoms with Gasteiger partial charge in [0, 0.05) is 6.04 Å². The van der Waals surface area contributed by atoms with Crippen molar-refractivity contribution in [3.63, 3.8) is 0 Å². The first-order valence-electron chi connectivity index (χ1n) is 7.48. The van der Waals surface area contributed by atoms with Crippen molar-refractivity contribution < 1.29 is 9.53 Å². The van der Waals surface area contributed by atoms with Gasteiger partial charge in [-0.1, -0.05) is 37.5 Å². The first-order valence-corrected chi connectivity index (χ1v) is 7.48. The van der Waals surface area contributed by atoms with Crippen LogP contribution in [0.2, 0.25) is 0 Å². The Kier molecular flexibility index (Phi) is 5.71. The van der Waals surface area contributed by atoms with Crippen molar-refractivity contribution in [1.82, 2.24) is 10.6 Å². The molecule has 2 amide bonds. The van der Waals surface area contributed by atoms with E-state index in [4.69, 9.17) is 4.74 Å². The molecule has 4 nitrogen and oxygen atoms in total. The minimum Gasteiger partial charge on any atom is -0.491 e. The molecule has 20 heavy (non-hydrogen) atoms. The molecule has 0 unspecified atom stereocenters. The third-order valence-electron chi connectivity index (χ3n) is 3.68. The average molecular weight is 276 g/mol. The van der Waals surface area contributed by atoms with Gasteiger partial charge >= 0.3 is 6.03 Å². The molecule has 2 rings (SSSR count). The second-order valence-corrected chi connectivity index (χ2v) is 5.35. The van der Waals surface area contributed by atoms with E-state index in [0.717, 1.165) is 24.2 Å².